The molecule has 0 bridgehead atoms. The quantitative estimate of drug-likeness (QED) is 0.402. The number of hydrogen-bond donors (Lipinski definition) is 4. The summed E-state index contributed by atoms with van der Waals surface area (Å²) in [6, 6.07) is -0.370. The van der Waals surface area contributed by atoms with Crippen molar-refractivity contribution in [2.24, 2.45) is 0 Å². The first-order valence-corrected chi connectivity index (χ1v) is 4.23. The van der Waals surface area contributed by atoms with E-state index in [2.05, 4.69) is 5.32 Å². The van der Waals surface area contributed by atoms with E-state index in [1.54, 1.807) is 0 Å². The minimum atomic E-state index is -1.83. The number of carboxylic acids is 1. The Morgan fingerprint density at radius 1 is 1.64 bits per heavy atom. The Hall–Kier alpha value is -0.690. The molecule has 0 saturated heterocycles. The molecule has 0 saturated carbocycles. The van der Waals surface area contributed by atoms with Gasteiger partial charge in [0.25, 0.3) is 0 Å². The molecule has 0 aromatic rings. The fourth-order valence-electron chi connectivity index (χ4n) is 0.796. The predicted octanol–water partition coefficient (Wildman–Crippen LogP) is -1.58. The average molecular weight is 207 g/mol. The standard InChI is InChI=1S/C8H17NO5/c1-8(13,7(11)12)5-9-6(3-10)4-14-2/h6,9-10,13H,3-5H2,1-2H3,(H,11,12). The van der Waals surface area contributed by atoms with Gasteiger partial charge in [-0.1, -0.05) is 0 Å². The van der Waals surface area contributed by atoms with Crippen LogP contribution in [0.15, 0.2) is 0 Å². The molecule has 0 rings (SSSR count). The summed E-state index contributed by atoms with van der Waals surface area (Å²) in [5.41, 5.74) is -1.83. The topological polar surface area (TPSA) is 99.0 Å². The van der Waals surface area contributed by atoms with E-state index in [1.165, 1.54) is 14.0 Å². The van der Waals surface area contributed by atoms with Crippen LogP contribution < -0.4 is 5.32 Å². The molecule has 6 heteroatoms. The second-order valence-corrected chi connectivity index (χ2v) is 3.29. The number of rotatable bonds is 7. The fourth-order valence-corrected chi connectivity index (χ4v) is 0.796. The number of aliphatic hydroxyl groups is 2. The van der Waals surface area contributed by atoms with E-state index in [4.69, 9.17) is 14.9 Å². The molecule has 6 nitrogen and oxygen atoms in total. The van der Waals surface area contributed by atoms with Crippen molar-refractivity contribution < 1.29 is 24.9 Å². The van der Waals surface area contributed by atoms with Crippen molar-refractivity contribution in [3.8, 4) is 0 Å². The van der Waals surface area contributed by atoms with E-state index in [9.17, 15) is 9.90 Å². The van der Waals surface area contributed by atoms with Crippen LogP contribution in [0.25, 0.3) is 0 Å². The molecular formula is C8H17NO5. The molecule has 2 atom stereocenters. The van der Waals surface area contributed by atoms with Gasteiger partial charge in [0.15, 0.2) is 5.60 Å². The number of nitrogens with one attached hydrogen (secondary N) is 1. The molecule has 0 heterocycles. The highest BCUT2D eigenvalue weighted by molar-refractivity contribution is 5.76. The Labute approximate surface area is 82.5 Å². The van der Waals surface area contributed by atoms with Crippen LogP contribution in [0.3, 0.4) is 0 Å². The van der Waals surface area contributed by atoms with Crippen LogP contribution in [0.5, 0.6) is 0 Å². The minimum absolute atomic E-state index is 0.142. The van der Waals surface area contributed by atoms with Gasteiger partial charge >= 0.3 is 5.97 Å². The first-order chi connectivity index (χ1) is 6.44. The van der Waals surface area contributed by atoms with Gasteiger partial charge in [0, 0.05) is 13.7 Å². The molecule has 84 valence electrons. The number of aliphatic carboxylic acids is 1. The number of carbonyl (C=O) groups is 1. The third-order valence-electron chi connectivity index (χ3n) is 1.78. The SMILES string of the molecule is COCC(CO)NCC(C)(O)C(=O)O. The third-order valence-corrected chi connectivity index (χ3v) is 1.78. The lowest BCUT2D eigenvalue weighted by atomic mass is 10.1. The van der Waals surface area contributed by atoms with Gasteiger partial charge in [-0.15, -0.1) is 0 Å². The predicted molar refractivity (Wildman–Crippen MR) is 49.0 cm³/mol. The van der Waals surface area contributed by atoms with Crippen LogP contribution in [0.4, 0.5) is 0 Å². The summed E-state index contributed by atoms with van der Waals surface area (Å²) in [4.78, 5) is 10.5. The van der Waals surface area contributed by atoms with Crippen molar-refractivity contribution in [2.45, 2.75) is 18.6 Å². The number of aliphatic hydroxyl groups excluding tert-OH is 1. The summed E-state index contributed by atoms with van der Waals surface area (Å²) >= 11 is 0. The largest absolute Gasteiger partial charge is 0.479 e. The Balaban J connectivity index is 3.95. The molecule has 0 radical (unpaired) electrons. The van der Waals surface area contributed by atoms with Gasteiger partial charge in [-0.25, -0.2) is 4.79 Å². The number of hydrogen-bond acceptors (Lipinski definition) is 5. The second-order valence-electron chi connectivity index (χ2n) is 3.29. The second kappa shape index (κ2) is 5.92. The number of ether oxygens (including phenoxy) is 1. The minimum Gasteiger partial charge on any atom is -0.479 e. The Morgan fingerprint density at radius 3 is 2.57 bits per heavy atom. The molecule has 0 aromatic heterocycles. The van der Waals surface area contributed by atoms with Crippen molar-refractivity contribution in [1.29, 1.82) is 0 Å². The van der Waals surface area contributed by atoms with Crippen molar-refractivity contribution >= 4 is 5.97 Å². The first kappa shape index (κ1) is 13.3. The van der Waals surface area contributed by atoms with Crippen LogP contribution in [0, 0.1) is 0 Å². The van der Waals surface area contributed by atoms with E-state index in [-0.39, 0.29) is 25.8 Å². The molecule has 4 N–H and O–H groups in total. The van der Waals surface area contributed by atoms with Crippen molar-refractivity contribution in [3.05, 3.63) is 0 Å². The highest BCUT2D eigenvalue weighted by Gasteiger charge is 2.30. The molecule has 14 heavy (non-hydrogen) atoms. The lowest BCUT2D eigenvalue weighted by Gasteiger charge is -2.22. The zero-order chi connectivity index (χ0) is 11.2. The molecular weight excluding hydrogens is 190 g/mol. The molecule has 0 aliphatic rings. The summed E-state index contributed by atoms with van der Waals surface area (Å²) in [6.07, 6.45) is 0. The average Bonchev–Trinajstić information content (AvgIpc) is 2.12. The van der Waals surface area contributed by atoms with Crippen LogP contribution >= 0.6 is 0 Å². The Morgan fingerprint density at radius 2 is 2.21 bits per heavy atom. The maximum Gasteiger partial charge on any atom is 0.336 e. The van der Waals surface area contributed by atoms with Crippen molar-refractivity contribution in [2.75, 3.05) is 26.9 Å². The van der Waals surface area contributed by atoms with E-state index in [0.717, 1.165) is 0 Å². The van der Waals surface area contributed by atoms with E-state index < -0.39 is 11.6 Å². The Kier molecular flexibility index (Phi) is 5.63. The molecule has 0 amide bonds. The normalized spacial score (nSPS) is 17.4. The zero-order valence-electron chi connectivity index (χ0n) is 8.36. The molecule has 0 spiro atoms. The smallest absolute Gasteiger partial charge is 0.336 e. The molecule has 0 aromatic carbocycles. The van der Waals surface area contributed by atoms with Gasteiger partial charge in [0.05, 0.1) is 19.3 Å². The van der Waals surface area contributed by atoms with E-state index >= 15 is 0 Å². The third kappa shape index (κ3) is 4.52. The zero-order valence-corrected chi connectivity index (χ0v) is 8.36. The maximum absolute atomic E-state index is 10.5. The number of carboxylic acid groups (broad SMARTS) is 1. The lowest BCUT2D eigenvalue weighted by molar-refractivity contribution is -0.156. The number of methoxy groups -OCH3 is 1. The van der Waals surface area contributed by atoms with Crippen molar-refractivity contribution in [3.63, 3.8) is 0 Å². The van der Waals surface area contributed by atoms with Crippen LogP contribution in [0.2, 0.25) is 0 Å². The summed E-state index contributed by atoms with van der Waals surface area (Å²) in [5, 5.41) is 29.4. The van der Waals surface area contributed by atoms with E-state index in [0.29, 0.717) is 0 Å². The summed E-state index contributed by atoms with van der Waals surface area (Å²) in [6.45, 7) is 1.12. The Bertz CT molecular complexity index is 183. The lowest BCUT2D eigenvalue weighted by Crippen LogP contribution is -2.49. The summed E-state index contributed by atoms with van der Waals surface area (Å²) in [5.74, 6) is -1.31. The summed E-state index contributed by atoms with van der Waals surface area (Å²) < 4.78 is 4.77. The van der Waals surface area contributed by atoms with Crippen LogP contribution in [0.1, 0.15) is 6.92 Å². The van der Waals surface area contributed by atoms with Gasteiger partial charge < -0.3 is 25.4 Å². The van der Waals surface area contributed by atoms with Gasteiger partial charge in [0.2, 0.25) is 0 Å². The van der Waals surface area contributed by atoms with Gasteiger partial charge in [-0.2, -0.15) is 0 Å². The van der Waals surface area contributed by atoms with Crippen molar-refractivity contribution in [1.82, 2.24) is 5.32 Å². The monoisotopic (exact) mass is 207 g/mol. The maximum atomic E-state index is 10.5. The highest BCUT2D eigenvalue weighted by Crippen LogP contribution is 2.01. The molecule has 0 aliphatic heterocycles. The highest BCUT2D eigenvalue weighted by atomic mass is 16.5. The first-order valence-electron chi connectivity index (χ1n) is 4.23. The van der Waals surface area contributed by atoms with E-state index in [1.807, 2.05) is 0 Å². The van der Waals surface area contributed by atoms with Crippen LogP contribution in [-0.2, 0) is 9.53 Å². The molecule has 2 unspecified atom stereocenters. The molecule has 0 fully saturated rings. The van der Waals surface area contributed by atoms with Gasteiger partial charge in [-0.05, 0) is 6.92 Å². The van der Waals surface area contributed by atoms with Gasteiger partial charge in [-0.3, -0.25) is 0 Å². The summed E-state index contributed by atoms with van der Waals surface area (Å²) in [7, 11) is 1.47. The van der Waals surface area contributed by atoms with Gasteiger partial charge in [0.1, 0.15) is 0 Å². The van der Waals surface area contributed by atoms with Crippen LogP contribution in [-0.4, -0.2) is 59.8 Å². The fraction of sp³-hybridized carbons (Fsp3) is 0.875. The molecule has 0 aliphatic carbocycles.